The zero-order valence-electron chi connectivity index (χ0n) is 13.1. The van der Waals surface area contributed by atoms with Crippen LogP contribution in [0.25, 0.3) is 0 Å². The second kappa shape index (κ2) is 7.38. The van der Waals surface area contributed by atoms with Gasteiger partial charge in [-0.1, -0.05) is 31.8 Å². The van der Waals surface area contributed by atoms with Gasteiger partial charge in [0.25, 0.3) is 0 Å². The number of terminal acetylenes is 1. The molecule has 1 aliphatic carbocycles. The second-order valence-corrected chi connectivity index (χ2v) is 5.75. The molecular formula is C19H24O3. The Morgan fingerprint density at radius 2 is 1.86 bits per heavy atom. The molecule has 1 N–H and O–H groups in total. The van der Waals surface area contributed by atoms with Crippen LogP contribution in [-0.2, 0) is 0 Å². The van der Waals surface area contributed by atoms with Crippen molar-refractivity contribution in [3.8, 4) is 23.8 Å². The molecule has 2 atom stereocenters. The third-order valence-corrected chi connectivity index (χ3v) is 4.43. The highest BCUT2D eigenvalue weighted by molar-refractivity contribution is 5.32. The van der Waals surface area contributed by atoms with E-state index in [0.29, 0.717) is 5.75 Å². The highest BCUT2D eigenvalue weighted by Gasteiger charge is 2.43. The van der Waals surface area contributed by atoms with E-state index in [4.69, 9.17) is 15.9 Å². The summed E-state index contributed by atoms with van der Waals surface area (Å²) in [5.41, 5.74) is -1.32. The molecule has 1 fully saturated rings. The van der Waals surface area contributed by atoms with Crippen molar-refractivity contribution >= 4 is 0 Å². The minimum atomic E-state index is -1.32. The van der Waals surface area contributed by atoms with Crippen LogP contribution in [-0.4, -0.2) is 23.9 Å². The van der Waals surface area contributed by atoms with Crippen LogP contribution >= 0.6 is 0 Å². The molecule has 1 aromatic carbocycles. The zero-order chi connectivity index (χ0) is 16.0. The van der Waals surface area contributed by atoms with Gasteiger partial charge in [-0.3, -0.25) is 0 Å². The van der Waals surface area contributed by atoms with Crippen LogP contribution < -0.4 is 9.47 Å². The molecule has 1 saturated carbocycles. The van der Waals surface area contributed by atoms with Gasteiger partial charge in [0.2, 0.25) is 0 Å². The van der Waals surface area contributed by atoms with E-state index in [9.17, 15) is 5.11 Å². The summed E-state index contributed by atoms with van der Waals surface area (Å²) in [7, 11) is 1.61. The fourth-order valence-corrected chi connectivity index (χ4v) is 3.09. The fraction of sp³-hybridized carbons (Fsp3) is 0.474. The first-order chi connectivity index (χ1) is 10.6. The SMILES string of the molecule is C#C[C@](O)(C1CCCCC1)[C@H](C=C)Oc1ccc(OC)cc1. The summed E-state index contributed by atoms with van der Waals surface area (Å²) in [6.45, 7) is 3.79. The maximum Gasteiger partial charge on any atom is 0.168 e. The number of rotatable bonds is 6. The molecule has 1 aliphatic rings. The highest BCUT2D eigenvalue weighted by atomic mass is 16.5. The van der Waals surface area contributed by atoms with Gasteiger partial charge in [-0.25, -0.2) is 0 Å². The van der Waals surface area contributed by atoms with Gasteiger partial charge in [-0.05, 0) is 43.2 Å². The summed E-state index contributed by atoms with van der Waals surface area (Å²) in [6, 6.07) is 7.22. The third kappa shape index (κ3) is 3.45. The molecule has 0 saturated heterocycles. The van der Waals surface area contributed by atoms with Crippen LogP contribution in [0, 0.1) is 18.3 Å². The number of hydrogen-bond donors (Lipinski definition) is 1. The van der Waals surface area contributed by atoms with Gasteiger partial charge in [0, 0.05) is 5.92 Å². The van der Waals surface area contributed by atoms with Crippen molar-refractivity contribution < 1.29 is 14.6 Å². The normalized spacial score (nSPS) is 19.5. The van der Waals surface area contributed by atoms with Crippen LogP contribution in [0.3, 0.4) is 0 Å². The van der Waals surface area contributed by atoms with Gasteiger partial charge in [-0.15, -0.1) is 6.42 Å². The summed E-state index contributed by atoms with van der Waals surface area (Å²) in [6.07, 6.45) is 11.9. The first-order valence-corrected chi connectivity index (χ1v) is 7.77. The Hall–Kier alpha value is -1.92. The molecule has 2 rings (SSSR count). The Kier molecular flexibility index (Phi) is 5.51. The second-order valence-electron chi connectivity index (χ2n) is 5.75. The number of hydrogen-bond acceptors (Lipinski definition) is 3. The quantitative estimate of drug-likeness (QED) is 0.645. The first-order valence-electron chi connectivity index (χ1n) is 7.77. The summed E-state index contributed by atoms with van der Waals surface area (Å²) < 4.78 is 11.0. The predicted octanol–water partition coefficient (Wildman–Crippen LogP) is 3.57. The van der Waals surface area contributed by atoms with Gasteiger partial charge >= 0.3 is 0 Å². The lowest BCUT2D eigenvalue weighted by Gasteiger charge is -2.38. The monoisotopic (exact) mass is 300 g/mol. The van der Waals surface area contributed by atoms with Crippen molar-refractivity contribution in [3.05, 3.63) is 36.9 Å². The number of ether oxygens (including phenoxy) is 2. The average molecular weight is 300 g/mol. The zero-order valence-corrected chi connectivity index (χ0v) is 13.1. The molecule has 0 heterocycles. The van der Waals surface area contributed by atoms with E-state index in [1.54, 1.807) is 25.3 Å². The van der Waals surface area contributed by atoms with E-state index < -0.39 is 11.7 Å². The molecule has 22 heavy (non-hydrogen) atoms. The van der Waals surface area contributed by atoms with Gasteiger partial charge in [0.05, 0.1) is 7.11 Å². The third-order valence-electron chi connectivity index (χ3n) is 4.43. The number of benzene rings is 1. The molecule has 1 aromatic rings. The Labute approximate surface area is 133 Å². The van der Waals surface area contributed by atoms with Crippen LogP contribution in [0.2, 0.25) is 0 Å². The lowest BCUT2D eigenvalue weighted by Crippen LogP contribution is -2.50. The maximum absolute atomic E-state index is 11.0. The van der Waals surface area contributed by atoms with Crippen LogP contribution in [0.15, 0.2) is 36.9 Å². The minimum Gasteiger partial charge on any atom is -0.497 e. The maximum atomic E-state index is 11.0. The topological polar surface area (TPSA) is 38.7 Å². The van der Waals surface area contributed by atoms with Gasteiger partial charge in [0.15, 0.2) is 11.7 Å². The van der Waals surface area contributed by atoms with E-state index in [2.05, 4.69) is 12.5 Å². The molecule has 3 nitrogen and oxygen atoms in total. The summed E-state index contributed by atoms with van der Waals surface area (Å²) in [4.78, 5) is 0. The first kappa shape index (κ1) is 16.5. The molecule has 3 heteroatoms. The fourth-order valence-electron chi connectivity index (χ4n) is 3.09. The molecule has 0 aromatic heterocycles. The lowest BCUT2D eigenvalue weighted by molar-refractivity contribution is -0.0487. The van der Waals surface area contributed by atoms with Crippen molar-refractivity contribution in [2.75, 3.05) is 7.11 Å². The van der Waals surface area contributed by atoms with E-state index in [1.165, 1.54) is 6.42 Å². The van der Waals surface area contributed by atoms with Gasteiger partial charge in [-0.2, -0.15) is 0 Å². The van der Waals surface area contributed by atoms with E-state index in [-0.39, 0.29) is 5.92 Å². The predicted molar refractivity (Wildman–Crippen MR) is 88.0 cm³/mol. The Balaban J connectivity index is 2.16. The lowest BCUT2D eigenvalue weighted by atomic mass is 9.74. The van der Waals surface area contributed by atoms with Crippen LogP contribution in [0.5, 0.6) is 11.5 Å². The smallest absolute Gasteiger partial charge is 0.168 e. The largest absolute Gasteiger partial charge is 0.497 e. The van der Waals surface area contributed by atoms with Crippen molar-refractivity contribution in [1.29, 1.82) is 0 Å². The molecule has 0 amide bonds. The molecule has 0 unspecified atom stereocenters. The van der Waals surface area contributed by atoms with Crippen molar-refractivity contribution in [2.24, 2.45) is 5.92 Å². The number of aliphatic hydroxyl groups is 1. The van der Waals surface area contributed by atoms with E-state index in [1.807, 2.05) is 12.1 Å². The molecule has 118 valence electrons. The standard InChI is InChI=1S/C19H24O3/c1-4-18(22-17-13-11-16(21-3)12-14-17)19(20,5-2)15-9-7-6-8-10-15/h2,4,11-15,18,20H,1,6-10H2,3H3/t18-,19-/m0/s1. The Morgan fingerprint density at radius 3 is 2.36 bits per heavy atom. The molecule has 0 bridgehead atoms. The summed E-state index contributed by atoms with van der Waals surface area (Å²) in [5.74, 6) is 4.01. The van der Waals surface area contributed by atoms with Crippen molar-refractivity contribution in [2.45, 2.75) is 43.8 Å². The number of methoxy groups -OCH3 is 1. The molecule has 0 spiro atoms. The van der Waals surface area contributed by atoms with Crippen molar-refractivity contribution in [3.63, 3.8) is 0 Å². The van der Waals surface area contributed by atoms with Crippen LogP contribution in [0.1, 0.15) is 32.1 Å². The van der Waals surface area contributed by atoms with Gasteiger partial charge < -0.3 is 14.6 Å². The Morgan fingerprint density at radius 1 is 1.27 bits per heavy atom. The summed E-state index contributed by atoms with van der Waals surface area (Å²) in [5, 5.41) is 11.0. The molecule has 0 radical (unpaired) electrons. The highest BCUT2D eigenvalue weighted by Crippen LogP contribution is 2.36. The molecular weight excluding hydrogens is 276 g/mol. The minimum absolute atomic E-state index is 0.0486. The van der Waals surface area contributed by atoms with Crippen LogP contribution in [0.4, 0.5) is 0 Å². The van der Waals surface area contributed by atoms with E-state index in [0.717, 1.165) is 31.4 Å². The summed E-state index contributed by atoms with van der Waals surface area (Å²) >= 11 is 0. The molecule has 0 aliphatic heterocycles. The van der Waals surface area contributed by atoms with E-state index >= 15 is 0 Å². The Bertz CT molecular complexity index is 523. The average Bonchev–Trinajstić information content (AvgIpc) is 2.60. The van der Waals surface area contributed by atoms with Crippen molar-refractivity contribution in [1.82, 2.24) is 0 Å². The van der Waals surface area contributed by atoms with Gasteiger partial charge in [0.1, 0.15) is 11.5 Å².